The van der Waals surface area contributed by atoms with Crippen molar-refractivity contribution in [2.75, 3.05) is 11.1 Å². The molecule has 2 heterocycles. The van der Waals surface area contributed by atoms with Gasteiger partial charge in [-0.3, -0.25) is 19.0 Å². The smallest absolute Gasteiger partial charge is 0.276 e. The molecule has 0 atom stereocenters. The number of fused-ring (bicyclic) bond motifs is 1. The summed E-state index contributed by atoms with van der Waals surface area (Å²) >= 11 is 2.58. The number of rotatable bonds is 6. The van der Waals surface area contributed by atoms with Crippen LogP contribution in [0.5, 0.6) is 0 Å². The first-order valence-electron chi connectivity index (χ1n) is 9.95. The number of carbonyl (C=O) groups is 2. The molecule has 2 aromatic carbocycles. The number of thioether (sulfide) groups is 1. The predicted molar refractivity (Wildman–Crippen MR) is 130 cm³/mol. The molecular weight excluding hydrogens is 442 g/mol. The predicted octanol–water partition coefficient (Wildman–Crippen LogP) is 5.00. The molecule has 162 valence electrons. The summed E-state index contributed by atoms with van der Waals surface area (Å²) in [6, 6.07) is 14.5. The van der Waals surface area contributed by atoms with Gasteiger partial charge in [-0.1, -0.05) is 23.9 Å². The van der Waals surface area contributed by atoms with E-state index in [0.29, 0.717) is 26.6 Å². The van der Waals surface area contributed by atoms with Crippen LogP contribution in [0.3, 0.4) is 0 Å². The van der Waals surface area contributed by atoms with Gasteiger partial charge in [0.2, 0.25) is 5.91 Å². The van der Waals surface area contributed by atoms with E-state index in [0.717, 1.165) is 16.8 Å². The van der Waals surface area contributed by atoms with Crippen molar-refractivity contribution in [3.8, 4) is 5.69 Å². The summed E-state index contributed by atoms with van der Waals surface area (Å²) in [7, 11) is 0. The molecule has 0 bridgehead atoms. The lowest BCUT2D eigenvalue weighted by Crippen LogP contribution is -2.23. The molecule has 1 amide bonds. The number of aromatic nitrogens is 2. The van der Waals surface area contributed by atoms with E-state index in [2.05, 4.69) is 10.3 Å². The second kappa shape index (κ2) is 9.10. The number of thiophene rings is 1. The number of Topliss-reactive ketones (excluding diaryl/α,β-unsaturated/α-hetero) is 1. The number of benzene rings is 2. The second-order valence-corrected chi connectivity index (χ2v) is 9.29. The number of ketones is 1. The van der Waals surface area contributed by atoms with Crippen molar-refractivity contribution < 1.29 is 9.59 Å². The molecule has 0 unspecified atom stereocenters. The van der Waals surface area contributed by atoms with Gasteiger partial charge in [0, 0.05) is 11.3 Å². The molecule has 0 fully saturated rings. The quantitative estimate of drug-likeness (QED) is 0.247. The van der Waals surface area contributed by atoms with Crippen LogP contribution >= 0.6 is 23.1 Å². The maximum Gasteiger partial charge on any atom is 0.276 e. The highest BCUT2D eigenvalue weighted by molar-refractivity contribution is 7.99. The molecule has 8 heteroatoms. The zero-order valence-electron chi connectivity index (χ0n) is 17.8. The van der Waals surface area contributed by atoms with E-state index in [-0.39, 0.29) is 23.0 Å². The number of aryl methyl sites for hydroxylation is 2. The molecule has 0 aliphatic heterocycles. The van der Waals surface area contributed by atoms with Crippen LogP contribution in [0, 0.1) is 13.8 Å². The van der Waals surface area contributed by atoms with Crippen LogP contribution in [0.2, 0.25) is 0 Å². The van der Waals surface area contributed by atoms with E-state index in [1.165, 1.54) is 30.0 Å². The summed E-state index contributed by atoms with van der Waals surface area (Å²) in [5.74, 6) is -0.169. The summed E-state index contributed by atoms with van der Waals surface area (Å²) in [4.78, 5) is 41.9. The van der Waals surface area contributed by atoms with Crippen molar-refractivity contribution in [2.45, 2.75) is 25.9 Å². The lowest BCUT2D eigenvalue weighted by atomic mass is 10.1. The van der Waals surface area contributed by atoms with Gasteiger partial charge >= 0.3 is 0 Å². The van der Waals surface area contributed by atoms with Gasteiger partial charge in [0.25, 0.3) is 5.56 Å². The van der Waals surface area contributed by atoms with E-state index in [1.807, 2.05) is 43.5 Å². The van der Waals surface area contributed by atoms with Gasteiger partial charge in [-0.05, 0) is 73.7 Å². The van der Waals surface area contributed by atoms with Crippen molar-refractivity contribution >= 4 is 50.7 Å². The van der Waals surface area contributed by atoms with Gasteiger partial charge in [0.15, 0.2) is 10.9 Å². The molecule has 4 rings (SSSR count). The van der Waals surface area contributed by atoms with E-state index in [1.54, 1.807) is 28.8 Å². The first-order valence-corrected chi connectivity index (χ1v) is 11.8. The summed E-state index contributed by atoms with van der Waals surface area (Å²) in [5, 5.41) is 5.14. The highest BCUT2D eigenvalue weighted by Gasteiger charge is 2.17. The Balaban J connectivity index is 1.62. The molecule has 0 radical (unpaired) electrons. The number of amides is 1. The molecule has 32 heavy (non-hydrogen) atoms. The molecule has 4 aromatic rings. The van der Waals surface area contributed by atoms with Crippen molar-refractivity contribution in [3.05, 3.63) is 81.0 Å². The highest BCUT2D eigenvalue weighted by Crippen LogP contribution is 2.26. The molecule has 1 N–H and O–H groups in total. The van der Waals surface area contributed by atoms with Crippen LogP contribution < -0.4 is 10.9 Å². The standard InChI is InChI=1S/C24H21N3O3S2/c1-14-4-5-15(2)20(12-14)27-23(30)22-19(10-11-31-22)26-24(27)32-13-21(29)25-18-8-6-17(7-9-18)16(3)28/h4-12H,13H2,1-3H3,(H,25,29). The number of carbonyl (C=O) groups excluding carboxylic acids is 2. The third kappa shape index (κ3) is 4.51. The van der Waals surface area contributed by atoms with E-state index in [4.69, 9.17) is 0 Å². The van der Waals surface area contributed by atoms with E-state index < -0.39 is 0 Å². The molecule has 0 saturated carbocycles. The largest absolute Gasteiger partial charge is 0.325 e. The Kier molecular flexibility index (Phi) is 6.25. The van der Waals surface area contributed by atoms with Crippen molar-refractivity contribution in [1.29, 1.82) is 0 Å². The van der Waals surface area contributed by atoms with Crippen LogP contribution in [-0.2, 0) is 4.79 Å². The molecule has 2 aromatic heterocycles. The van der Waals surface area contributed by atoms with Gasteiger partial charge in [-0.15, -0.1) is 11.3 Å². The Morgan fingerprint density at radius 2 is 1.84 bits per heavy atom. The van der Waals surface area contributed by atoms with Crippen molar-refractivity contribution in [3.63, 3.8) is 0 Å². The molecule has 0 aliphatic rings. The van der Waals surface area contributed by atoms with Crippen LogP contribution in [0.1, 0.15) is 28.4 Å². The third-order valence-electron chi connectivity index (χ3n) is 4.96. The monoisotopic (exact) mass is 463 g/mol. The fourth-order valence-corrected chi connectivity index (χ4v) is 4.84. The van der Waals surface area contributed by atoms with Crippen LogP contribution in [0.15, 0.2) is 63.9 Å². The summed E-state index contributed by atoms with van der Waals surface area (Å²) in [6.45, 7) is 5.42. The molecular formula is C24H21N3O3S2. The second-order valence-electron chi connectivity index (χ2n) is 7.43. The number of hydrogen-bond acceptors (Lipinski definition) is 6. The van der Waals surface area contributed by atoms with E-state index >= 15 is 0 Å². The number of nitrogens with zero attached hydrogens (tertiary/aromatic N) is 2. The number of hydrogen-bond donors (Lipinski definition) is 1. The van der Waals surface area contributed by atoms with Crippen LogP contribution in [0.4, 0.5) is 5.69 Å². The van der Waals surface area contributed by atoms with Crippen LogP contribution in [-0.4, -0.2) is 27.0 Å². The number of nitrogens with one attached hydrogen (secondary N) is 1. The van der Waals surface area contributed by atoms with Crippen molar-refractivity contribution in [1.82, 2.24) is 9.55 Å². The minimum Gasteiger partial charge on any atom is -0.325 e. The average molecular weight is 464 g/mol. The average Bonchev–Trinajstić information content (AvgIpc) is 3.24. The molecule has 0 aliphatic carbocycles. The van der Waals surface area contributed by atoms with Gasteiger partial charge < -0.3 is 5.32 Å². The normalized spacial score (nSPS) is 11.0. The summed E-state index contributed by atoms with van der Waals surface area (Å²) in [5.41, 5.74) is 4.43. The van der Waals surface area contributed by atoms with Gasteiger partial charge in [-0.2, -0.15) is 0 Å². The summed E-state index contributed by atoms with van der Waals surface area (Å²) in [6.07, 6.45) is 0. The Labute approximate surface area is 193 Å². The molecule has 0 saturated heterocycles. The minimum atomic E-state index is -0.224. The molecule has 6 nitrogen and oxygen atoms in total. The van der Waals surface area contributed by atoms with Crippen LogP contribution in [0.25, 0.3) is 15.9 Å². The SMILES string of the molecule is CC(=O)c1ccc(NC(=O)CSc2nc3ccsc3c(=O)n2-c2cc(C)ccc2C)cc1. The Morgan fingerprint density at radius 1 is 1.09 bits per heavy atom. The maximum atomic E-state index is 13.3. The fraction of sp³-hybridized carbons (Fsp3) is 0.167. The van der Waals surface area contributed by atoms with Gasteiger partial charge in [0.05, 0.1) is 17.0 Å². The van der Waals surface area contributed by atoms with Gasteiger partial charge in [-0.25, -0.2) is 4.98 Å². The Bertz CT molecular complexity index is 1390. The zero-order valence-corrected chi connectivity index (χ0v) is 19.5. The van der Waals surface area contributed by atoms with Gasteiger partial charge in [0.1, 0.15) is 4.70 Å². The first kappa shape index (κ1) is 22.0. The Morgan fingerprint density at radius 3 is 2.56 bits per heavy atom. The Hall–Kier alpha value is -3.23. The first-order chi connectivity index (χ1) is 15.3. The highest BCUT2D eigenvalue weighted by atomic mass is 32.2. The fourth-order valence-electron chi connectivity index (χ4n) is 3.28. The lowest BCUT2D eigenvalue weighted by molar-refractivity contribution is -0.113. The lowest BCUT2D eigenvalue weighted by Gasteiger charge is -2.15. The summed E-state index contributed by atoms with van der Waals surface area (Å²) < 4.78 is 2.19. The third-order valence-corrected chi connectivity index (χ3v) is 6.79. The number of anilines is 1. The van der Waals surface area contributed by atoms with E-state index in [9.17, 15) is 14.4 Å². The molecule has 0 spiro atoms. The zero-order chi connectivity index (χ0) is 22.8. The van der Waals surface area contributed by atoms with Crippen molar-refractivity contribution in [2.24, 2.45) is 0 Å². The maximum absolute atomic E-state index is 13.3. The topological polar surface area (TPSA) is 81.1 Å². The minimum absolute atomic E-state index is 0.0299.